The van der Waals surface area contributed by atoms with Gasteiger partial charge in [0, 0.05) is 16.9 Å². The Bertz CT molecular complexity index is 1060. The largest absolute Gasteiger partial charge is 0.488 e. The molecule has 2 aromatic carbocycles. The van der Waals surface area contributed by atoms with Gasteiger partial charge >= 0.3 is 0 Å². The summed E-state index contributed by atoms with van der Waals surface area (Å²) < 4.78 is 16.8. The first-order valence-electron chi connectivity index (χ1n) is 9.88. The number of nitrogens with two attached hydrogens (primary N) is 1. The second-order valence-electron chi connectivity index (χ2n) is 6.77. The SMILES string of the molecule is CCOc1c(N)nc(-c2ccc(NC(=S)Nc3ccccc3)cc2)nc1C1OC(C)O1. The number of nitrogens with zero attached hydrogens (tertiary/aromatic N) is 2. The van der Waals surface area contributed by atoms with Crippen molar-refractivity contribution in [1.29, 1.82) is 0 Å². The van der Waals surface area contributed by atoms with Crippen LogP contribution >= 0.6 is 12.2 Å². The van der Waals surface area contributed by atoms with Crippen LogP contribution in [-0.4, -0.2) is 28.0 Å². The van der Waals surface area contributed by atoms with Crippen molar-refractivity contribution < 1.29 is 14.2 Å². The van der Waals surface area contributed by atoms with Crippen LogP contribution in [0.5, 0.6) is 5.75 Å². The van der Waals surface area contributed by atoms with Crippen LogP contribution in [-0.2, 0) is 9.47 Å². The van der Waals surface area contributed by atoms with Crippen molar-refractivity contribution in [3.63, 3.8) is 0 Å². The highest BCUT2D eigenvalue weighted by Crippen LogP contribution is 2.39. The topological polar surface area (TPSA) is 104 Å². The molecule has 1 saturated heterocycles. The summed E-state index contributed by atoms with van der Waals surface area (Å²) in [6.45, 7) is 4.11. The van der Waals surface area contributed by atoms with Crippen LogP contribution in [0.1, 0.15) is 25.8 Å². The van der Waals surface area contributed by atoms with Crippen molar-refractivity contribution in [2.45, 2.75) is 26.4 Å². The number of nitrogens with one attached hydrogen (secondary N) is 2. The van der Waals surface area contributed by atoms with Gasteiger partial charge in [0.25, 0.3) is 0 Å². The zero-order chi connectivity index (χ0) is 21.8. The lowest BCUT2D eigenvalue weighted by Gasteiger charge is -2.34. The Morgan fingerprint density at radius 1 is 1.03 bits per heavy atom. The minimum Gasteiger partial charge on any atom is -0.488 e. The number of thiocarbonyl (C=S) groups is 1. The number of ether oxygens (including phenoxy) is 3. The van der Waals surface area contributed by atoms with Crippen molar-refractivity contribution >= 4 is 34.5 Å². The molecule has 31 heavy (non-hydrogen) atoms. The molecule has 160 valence electrons. The molecule has 0 atom stereocenters. The third-order valence-electron chi connectivity index (χ3n) is 4.49. The fourth-order valence-electron chi connectivity index (χ4n) is 3.07. The first-order valence-corrected chi connectivity index (χ1v) is 10.3. The minimum absolute atomic E-state index is 0.240. The van der Waals surface area contributed by atoms with Gasteiger partial charge in [0.2, 0.25) is 6.29 Å². The van der Waals surface area contributed by atoms with E-state index in [-0.39, 0.29) is 12.1 Å². The monoisotopic (exact) mass is 437 g/mol. The zero-order valence-electron chi connectivity index (χ0n) is 17.2. The number of anilines is 3. The Hall–Kier alpha value is -3.27. The normalized spacial score (nSPS) is 17.5. The van der Waals surface area contributed by atoms with Gasteiger partial charge in [0.05, 0.1) is 6.61 Å². The standard InChI is InChI=1S/C22H23N5O3S/c1-3-28-18-17(21-29-13(2)30-21)26-20(27-19(18)23)14-9-11-16(12-10-14)25-22(31)24-15-7-5-4-6-8-15/h4-13,21H,3H2,1-2H3,(H2,23,26,27)(H2,24,25,31). The molecule has 0 amide bonds. The Morgan fingerprint density at radius 2 is 1.68 bits per heavy atom. The fraction of sp³-hybridized carbons (Fsp3) is 0.227. The molecule has 2 heterocycles. The molecule has 3 aromatic rings. The molecular formula is C22H23N5O3S. The number of hydrogen-bond donors (Lipinski definition) is 3. The number of rotatable bonds is 6. The van der Waals surface area contributed by atoms with E-state index in [0.717, 1.165) is 16.9 Å². The van der Waals surface area contributed by atoms with Crippen molar-refractivity contribution in [1.82, 2.24) is 9.97 Å². The van der Waals surface area contributed by atoms with E-state index in [1.54, 1.807) is 0 Å². The second-order valence-corrected chi connectivity index (χ2v) is 7.18. The lowest BCUT2D eigenvalue weighted by Crippen LogP contribution is -2.33. The Morgan fingerprint density at radius 3 is 2.29 bits per heavy atom. The number of para-hydroxylation sites is 1. The summed E-state index contributed by atoms with van der Waals surface area (Å²) in [6, 6.07) is 17.3. The molecule has 8 nitrogen and oxygen atoms in total. The zero-order valence-corrected chi connectivity index (χ0v) is 18.0. The minimum atomic E-state index is -0.622. The van der Waals surface area contributed by atoms with Crippen LogP contribution in [0.25, 0.3) is 11.4 Å². The molecule has 4 N–H and O–H groups in total. The third kappa shape index (κ3) is 4.91. The molecule has 4 rings (SSSR count). The smallest absolute Gasteiger partial charge is 0.210 e. The van der Waals surface area contributed by atoms with Crippen LogP contribution in [0.15, 0.2) is 54.6 Å². The van der Waals surface area contributed by atoms with Crippen LogP contribution in [0.4, 0.5) is 17.2 Å². The van der Waals surface area contributed by atoms with E-state index in [1.165, 1.54) is 0 Å². The van der Waals surface area contributed by atoms with E-state index in [2.05, 4.69) is 20.6 Å². The number of hydrogen-bond acceptors (Lipinski definition) is 7. The average molecular weight is 438 g/mol. The molecular weight excluding hydrogens is 414 g/mol. The molecule has 0 radical (unpaired) electrons. The van der Waals surface area contributed by atoms with Crippen molar-refractivity contribution in [2.75, 3.05) is 23.0 Å². The van der Waals surface area contributed by atoms with Gasteiger partial charge < -0.3 is 30.6 Å². The summed E-state index contributed by atoms with van der Waals surface area (Å²) in [6.07, 6.45) is -0.916. The molecule has 9 heteroatoms. The van der Waals surface area contributed by atoms with E-state index < -0.39 is 6.29 Å². The maximum absolute atomic E-state index is 6.14. The molecule has 0 bridgehead atoms. The van der Waals surface area contributed by atoms with Crippen molar-refractivity contribution in [3.8, 4) is 17.1 Å². The van der Waals surface area contributed by atoms with Crippen LogP contribution in [0.3, 0.4) is 0 Å². The lowest BCUT2D eigenvalue weighted by atomic mass is 10.2. The molecule has 1 fully saturated rings. The van der Waals surface area contributed by atoms with Gasteiger partial charge in [-0.3, -0.25) is 0 Å². The molecule has 0 aliphatic carbocycles. The number of aromatic nitrogens is 2. The Kier molecular flexibility index (Phi) is 6.26. The first kappa shape index (κ1) is 21.0. The summed E-state index contributed by atoms with van der Waals surface area (Å²) in [5.74, 6) is 1.09. The van der Waals surface area contributed by atoms with Crippen LogP contribution in [0, 0.1) is 0 Å². The first-order chi connectivity index (χ1) is 15.0. The van der Waals surface area contributed by atoms with Gasteiger partial charge in [0.1, 0.15) is 5.69 Å². The summed E-state index contributed by atoms with van der Waals surface area (Å²) >= 11 is 5.37. The van der Waals surface area contributed by atoms with Crippen LogP contribution in [0.2, 0.25) is 0 Å². The molecule has 0 saturated carbocycles. The maximum Gasteiger partial charge on any atom is 0.210 e. The quantitative estimate of drug-likeness (QED) is 0.486. The van der Waals surface area contributed by atoms with E-state index in [1.807, 2.05) is 68.4 Å². The highest BCUT2D eigenvalue weighted by atomic mass is 32.1. The highest BCUT2D eigenvalue weighted by molar-refractivity contribution is 7.80. The highest BCUT2D eigenvalue weighted by Gasteiger charge is 2.34. The van der Waals surface area contributed by atoms with Crippen molar-refractivity contribution in [3.05, 3.63) is 60.3 Å². The predicted octanol–water partition coefficient (Wildman–Crippen LogP) is 4.32. The summed E-state index contributed by atoms with van der Waals surface area (Å²) in [5.41, 5.74) is 9.16. The van der Waals surface area contributed by atoms with E-state index in [0.29, 0.717) is 29.0 Å². The summed E-state index contributed by atoms with van der Waals surface area (Å²) in [5, 5.41) is 6.79. The average Bonchev–Trinajstić information content (AvgIpc) is 2.74. The second kappa shape index (κ2) is 9.25. The molecule has 0 unspecified atom stereocenters. The number of nitrogen functional groups attached to an aromatic ring is 1. The van der Waals surface area contributed by atoms with Crippen molar-refractivity contribution in [2.24, 2.45) is 0 Å². The van der Waals surface area contributed by atoms with E-state index in [4.69, 9.17) is 32.2 Å². The third-order valence-corrected chi connectivity index (χ3v) is 4.70. The van der Waals surface area contributed by atoms with Gasteiger partial charge in [0.15, 0.2) is 28.8 Å². The molecule has 1 aliphatic rings. The van der Waals surface area contributed by atoms with Crippen LogP contribution < -0.4 is 21.1 Å². The van der Waals surface area contributed by atoms with Gasteiger partial charge in [-0.2, -0.15) is 0 Å². The summed E-state index contributed by atoms with van der Waals surface area (Å²) in [4.78, 5) is 9.00. The molecule has 1 aromatic heterocycles. The summed E-state index contributed by atoms with van der Waals surface area (Å²) in [7, 11) is 0. The van der Waals surface area contributed by atoms with Gasteiger partial charge in [-0.25, -0.2) is 9.97 Å². The Balaban J connectivity index is 1.51. The molecule has 1 aliphatic heterocycles. The van der Waals surface area contributed by atoms with Gasteiger partial charge in [-0.05, 0) is 62.5 Å². The maximum atomic E-state index is 6.14. The molecule has 0 spiro atoms. The lowest BCUT2D eigenvalue weighted by molar-refractivity contribution is -0.384. The van der Waals surface area contributed by atoms with Gasteiger partial charge in [-0.15, -0.1) is 0 Å². The Labute approximate surface area is 185 Å². The van der Waals surface area contributed by atoms with E-state index in [9.17, 15) is 0 Å². The van der Waals surface area contributed by atoms with E-state index >= 15 is 0 Å². The van der Waals surface area contributed by atoms with Gasteiger partial charge in [-0.1, -0.05) is 18.2 Å². The fourth-order valence-corrected chi connectivity index (χ4v) is 3.31. The predicted molar refractivity (Wildman–Crippen MR) is 124 cm³/mol. The number of benzene rings is 2.